The molecule has 1 N–H and O–H groups in total. The Kier molecular flexibility index (Phi) is 9.14. The fraction of sp³-hybridized carbons (Fsp3) is 0.310. The molecule has 39 heavy (non-hydrogen) atoms. The molecule has 0 saturated carbocycles. The lowest BCUT2D eigenvalue weighted by Crippen LogP contribution is -2.39. The van der Waals surface area contributed by atoms with Gasteiger partial charge in [-0.05, 0) is 62.2 Å². The van der Waals surface area contributed by atoms with Gasteiger partial charge < -0.3 is 15.0 Å². The van der Waals surface area contributed by atoms with Crippen molar-refractivity contribution >= 4 is 44.8 Å². The van der Waals surface area contributed by atoms with Gasteiger partial charge >= 0.3 is 0 Å². The molecule has 10 heteroatoms. The van der Waals surface area contributed by atoms with Crippen molar-refractivity contribution in [1.82, 2.24) is 4.90 Å². The molecule has 0 aromatic heterocycles. The summed E-state index contributed by atoms with van der Waals surface area (Å²) in [5.41, 5.74) is 1.70. The van der Waals surface area contributed by atoms with Gasteiger partial charge in [0, 0.05) is 18.1 Å². The summed E-state index contributed by atoms with van der Waals surface area (Å²) in [6.07, 6.45) is 4.04. The van der Waals surface area contributed by atoms with Crippen molar-refractivity contribution in [3.8, 4) is 5.75 Å². The summed E-state index contributed by atoms with van der Waals surface area (Å²) in [4.78, 5) is 28.6. The zero-order chi connectivity index (χ0) is 28.0. The van der Waals surface area contributed by atoms with Gasteiger partial charge in [-0.25, -0.2) is 8.42 Å². The number of methoxy groups -OCH3 is 1. The minimum absolute atomic E-state index is 0.0136. The van der Waals surface area contributed by atoms with Crippen LogP contribution in [0.3, 0.4) is 0 Å². The first-order chi connectivity index (χ1) is 18.7. The quantitative estimate of drug-likeness (QED) is 0.386. The van der Waals surface area contributed by atoms with Crippen molar-refractivity contribution in [3.63, 3.8) is 0 Å². The number of amides is 2. The van der Waals surface area contributed by atoms with E-state index in [9.17, 15) is 18.0 Å². The van der Waals surface area contributed by atoms with Crippen molar-refractivity contribution in [2.75, 3.05) is 36.4 Å². The SMILES string of the molecule is COc1ccc(Cl)cc1N(CC(=O)Nc1ccccc1C(=O)N1CCCCCC1)S(=O)(=O)c1ccc(C)cc1. The Hall–Kier alpha value is -3.56. The highest BCUT2D eigenvalue weighted by Crippen LogP contribution is 2.35. The van der Waals surface area contributed by atoms with E-state index in [0.717, 1.165) is 35.6 Å². The average molecular weight is 570 g/mol. The monoisotopic (exact) mass is 569 g/mol. The van der Waals surface area contributed by atoms with Gasteiger partial charge in [-0.3, -0.25) is 13.9 Å². The summed E-state index contributed by atoms with van der Waals surface area (Å²) in [6.45, 7) is 2.61. The molecule has 2 amide bonds. The van der Waals surface area contributed by atoms with Gasteiger partial charge in [-0.1, -0.05) is 54.3 Å². The first kappa shape index (κ1) is 28.4. The molecule has 1 heterocycles. The Morgan fingerprint density at radius 3 is 2.31 bits per heavy atom. The molecule has 0 aliphatic carbocycles. The summed E-state index contributed by atoms with van der Waals surface area (Å²) in [5, 5.41) is 3.05. The molecular weight excluding hydrogens is 538 g/mol. The summed E-state index contributed by atoms with van der Waals surface area (Å²) in [5.74, 6) is -0.545. The lowest BCUT2D eigenvalue weighted by molar-refractivity contribution is -0.114. The number of hydrogen-bond acceptors (Lipinski definition) is 5. The van der Waals surface area contributed by atoms with E-state index < -0.39 is 22.5 Å². The van der Waals surface area contributed by atoms with Crippen LogP contribution in [0.5, 0.6) is 5.75 Å². The van der Waals surface area contributed by atoms with Crippen LogP contribution < -0.4 is 14.4 Å². The maximum atomic E-state index is 13.8. The zero-order valence-electron chi connectivity index (χ0n) is 22.0. The van der Waals surface area contributed by atoms with Crippen molar-refractivity contribution < 1.29 is 22.7 Å². The van der Waals surface area contributed by atoms with Crippen LogP contribution in [-0.4, -0.2) is 51.9 Å². The topological polar surface area (TPSA) is 96.0 Å². The number of halogens is 1. The van der Waals surface area contributed by atoms with Crippen LogP contribution in [0.25, 0.3) is 0 Å². The molecule has 1 saturated heterocycles. The Labute approximate surface area is 234 Å². The van der Waals surface area contributed by atoms with E-state index >= 15 is 0 Å². The predicted molar refractivity (Wildman–Crippen MR) is 153 cm³/mol. The number of nitrogens with zero attached hydrogens (tertiary/aromatic N) is 2. The molecule has 1 aliphatic heterocycles. The van der Waals surface area contributed by atoms with E-state index in [4.69, 9.17) is 16.3 Å². The molecule has 4 rings (SSSR count). The number of ether oxygens (including phenoxy) is 1. The highest BCUT2D eigenvalue weighted by atomic mass is 35.5. The molecule has 3 aromatic carbocycles. The van der Waals surface area contributed by atoms with Crippen LogP contribution in [0.2, 0.25) is 5.02 Å². The molecule has 0 spiro atoms. The van der Waals surface area contributed by atoms with Gasteiger partial charge in [0.05, 0.1) is 28.9 Å². The van der Waals surface area contributed by atoms with Crippen LogP contribution >= 0.6 is 11.6 Å². The van der Waals surface area contributed by atoms with Crippen LogP contribution in [0.1, 0.15) is 41.6 Å². The van der Waals surface area contributed by atoms with Crippen molar-refractivity contribution in [3.05, 3.63) is 82.9 Å². The second-order valence-electron chi connectivity index (χ2n) is 9.44. The van der Waals surface area contributed by atoms with Crippen molar-refractivity contribution in [2.45, 2.75) is 37.5 Å². The fourth-order valence-corrected chi connectivity index (χ4v) is 6.13. The third-order valence-corrected chi connectivity index (χ3v) is 8.64. The molecule has 1 fully saturated rings. The average Bonchev–Trinajstić information content (AvgIpc) is 3.21. The molecule has 0 atom stereocenters. The Morgan fingerprint density at radius 1 is 0.974 bits per heavy atom. The molecule has 206 valence electrons. The van der Waals surface area contributed by atoms with Gasteiger partial charge in [0.2, 0.25) is 5.91 Å². The highest BCUT2D eigenvalue weighted by molar-refractivity contribution is 7.92. The van der Waals surface area contributed by atoms with E-state index in [0.29, 0.717) is 24.3 Å². The molecule has 0 bridgehead atoms. The number of para-hydroxylation sites is 1. The van der Waals surface area contributed by atoms with Crippen molar-refractivity contribution in [1.29, 1.82) is 0 Å². The number of nitrogens with one attached hydrogen (secondary N) is 1. The van der Waals surface area contributed by atoms with Crippen LogP contribution in [0.4, 0.5) is 11.4 Å². The Bertz CT molecular complexity index is 1440. The van der Waals surface area contributed by atoms with Gasteiger partial charge in [-0.2, -0.15) is 0 Å². The third-order valence-electron chi connectivity index (χ3n) is 6.63. The number of likely N-dealkylation sites (tertiary alicyclic amines) is 1. The smallest absolute Gasteiger partial charge is 0.264 e. The minimum Gasteiger partial charge on any atom is -0.495 e. The summed E-state index contributed by atoms with van der Waals surface area (Å²) < 4.78 is 34.0. The molecular formula is C29H32ClN3O5S. The van der Waals surface area contributed by atoms with Gasteiger partial charge in [-0.15, -0.1) is 0 Å². The van der Waals surface area contributed by atoms with Crippen molar-refractivity contribution in [2.24, 2.45) is 0 Å². The standard InChI is InChI=1S/C29H32ClN3O5S/c1-21-11-14-23(15-12-21)39(36,37)33(26-19-22(30)13-16-27(26)38-2)20-28(34)31-25-10-6-5-9-24(25)29(35)32-17-7-3-4-8-18-32/h5-6,9-16,19H,3-4,7-8,17-18,20H2,1-2H3,(H,31,34). The van der Waals surface area contributed by atoms with E-state index in [2.05, 4.69) is 5.32 Å². The number of sulfonamides is 1. The lowest BCUT2D eigenvalue weighted by atomic mass is 10.1. The van der Waals surface area contributed by atoms with E-state index in [1.807, 2.05) is 11.8 Å². The first-order valence-electron chi connectivity index (χ1n) is 12.8. The number of hydrogen-bond donors (Lipinski definition) is 1. The number of benzene rings is 3. The Balaban J connectivity index is 1.66. The number of aryl methyl sites for hydroxylation is 1. The lowest BCUT2D eigenvalue weighted by Gasteiger charge is -2.26. The van der Waals surface area contributed by atoms with Crippen LogP contribution in [-0.2, 0) is 14.8 Å². The Morgan fingerprint density at radius 2 is 1.64 bits per heavy atom. The second kappa shape index (κ2) is 12.5. The molecule has 0 radical (unpaired) electrons. The van der Waals surface area contributed by atoms with E-state index in [-0.39, 0.29) is 27.3 Å². The minimum atomic E-state index is -4.20. The third kappa shape index (κ3) is 6.72. The maximum absolute atomic E-state index is 13.8. The van der Waals surface area contributed by atoms with Gasteiger partial charge in [0.1, 0.15) is 12.3 Å². The zero-order valence-corrected chi connectivity index (χ0v) is 23.6. The summed E-state index contributed by atoms with van der Waals surface area (Å²) in [7, 11) is -2.79. The molecule has 0 unspecified atom stereocenters. The van der Waals surface area contributed by atoms with Gasteiger partial charge in [0.15, 0.2) is 0 Å². The number of carbonyl (C=O) groups is 2. The van der Waals surface area contributed by atoms with E-state index in [1.54, 1.807) is 48.5 Å². The van der Waals surface area contributed by atoms with Gasteiger partial charge in [0.25, 0.3) is 15.9 Å². The first-order valence-corrected chi connectivity index (χ1v) is 14.6. The number of carbonyl (C=O) groups excluding carboxylic acids is 2. The number of anilines is 2. The summed E-state index contributed by atoms with van der Waals surface area (Å²) >= 11 is 6.22. The number of rotatable bonds is 8. The largest absolute Gasteiger partial charge is 0.495 e. The molecule has 1 aliphatic rings. The predicted octanol–water partition coefficient (Wildman–Crippen LogP) is 5.51. The van der Waals surface area contributed by atoms with E-state index in [1.165, 1.54) is 25.3 Å². The normalized spacial score (nSPS) is 13.9. The molecule has 3 aromatic rings. The maximum Gasteiger partial charge on any atom is 0.264 e. The second-order valence-corrected chi connectivity index (χ2v) is 11.7. The van der Waals surface area contributed by atoms with Crippen LogP contribution in [0.15, 0.2) is 71.6 Å². The molecule has 8 nitrogen and oxygen atoms in total. The highest BCUT2D eigenvalue weighted by Gasteiger charge is 2.30. The fourth-order valence-electron chi connectivity index (χ4n) is 4.54. The summed E-state index contributed by atoms with van der Waals surface area (Å²) in [6, 6.07) is 17.7. The van der Waals surface area contributed by atoms with Crippen LogP contribution in [0, 0.1) is 6.92 Å².